The zero-order valence-electron chi connectivity index (χ0n) is 26.5. The van der Waals surface area contributed by atoms with Crippen LogP contribution in [0.1, 0.15) is 85.5 Å². The van der Waals surface area contributed by atoms with Crippen molar-refractivity contribution in [1.29, 1.82) is 0 Å². The van der Waals surface area contributed by atoms with Gasteiger partial charge in [0.2, 0.25) is 0 Å². The first kappa shape index (κ1) is 33.9. The fraction of sp³-hybridized carbons (Fsp3) is 0.686. The van der Waals surface area contributed by atoms with Crippen LogP contribution in [0.15, 0.2) is 59.5 Å². The summed E-state index contributed by atoms with van der Waals surface area (Å²) in [6, 6.07) is 8.73. The second-order valence-corrected chi connectivity index (χ2v) is 15.4. The van der Waals surface area contributed by atoms with Crippen LogP contribution in [0.25, 0.3) is 0 Å². The van der Waals surface area contributed by atoms with Gasteiger partial charge < -0.3 is 19.3 Å². The molecule has 1 aromatic carbocycles. The van der Waals surface area contributed by atoms with Gasteiger partial charge >= 0.3 is 5.97 Å². The summed E-state index contributed by atoms with van der Waals surface area (Å²) >= 11 is 0. The number of carboxylic acid groups (broad SMARTS) is 1. The minimum absolute atomic E-state index is 0.0144. The van der Waals surface area contributed by atoms with Crippen molar-refractivity contribution >= 4 is 15.8 Å². The summed E-state index contributed by atoms with van der Waals surface area (Å²) < 4.78 is 46.5. The molecule has 7 nitrogen and oxygen atoms in total. The first-order chi connectivity index (χ1) is 20.4. The predicted molar refractivity (Wildman–Crippen MR) is 169 cm³/mol. The van der Waals surface area contributed by atoms with Crippen LogP contribution in [0.5, 0.6) is 0 Å². The van der Waals surface area contributed by atoms with Gasteiger partial charge in [-0.25, -0.2) is 8.42 Å². The first-order valence-electron chi connectivity index (χ1n) is 16.2. The highest BCUT2D eigenvalue weighted by Crippen LogP contribution is 2.43. The zero-order chi connectivity index (χ0) is 31.3. The first-order valence-corrected chi connectivity index (χ1v) is 17.8. The minimum atomic E-state index is -3.48. The van der Waals surface area contributed by atoms with Crippen LogP contribution in [0.3, 0.4) is 0 Å². The molecule has 3 aliphatic rings. The molecule has 0 bridgehead atoms. The number of ether oxygens (including phenoxy) is 3. The smallest absolute Gasteiger partial charge is 0.303 e. The maximum absolute atomic E-state index is 13.5. The molecular weight excluding hydrogens is 564 g/mol. The number of aliphatic carboxylic acids is 1. The fourth-order valence-corrected chi connectivity index (χ4v) is 8.86. The van der Waals surface area contributed by atoms with Crippen molar-refractivity contribution in [3.63, 3.8) is 0 Å². The van der Waals surface area contributed by atoms with Crippen LogP contribution in [0.2, 0.25) is 0 Å². The normalized spacial score (nSPS) is 34.0. The Kier molecular flexibility index (Phi) is 11.7. The SMILES string of the molecule is C=C1C[C@H](CCC(=O)O)OC1CC[C@H]1C[C@@H](C)C(=C)C(C[C@@H]2O[C@H](C[C@H](C)CC)[C@H](C)[C@H]2CS(=O)(=O)c2ccccc2)O1. The van der Waals surface area contributed by atoms with E-state index in [0.717, 1.165) is 43.3 Å². The van der Waals surface area contributed by atoms with Crippen molar-refractivity contribution in [2.24, 2.45) is 23.7 Å². The fourth-order valence-electron chi connectivity index (χ4n) is 7.07. The average molecular weight is 617 g/mol. The monoisotopic (exact) mass is 616 g/mol. The van der Waals surface area contributed by atoms with E-state index in [0.29, 0.717) is 30.1 Å². The van der Waals surface area contributed by atoms with E-state index in [9.17, 15) is 13.2 Å². The minimum Gasteiger partial charge on any atom is -0.481 e. The van der Waals surface area contributed by atoms with Crippen molar-refractivity contribution in [1.82, 2.24) is 0 Å². The third kappa shape index (κ3) is 8.80. The Morgan fingerprint density at radius 1 is 1.00 bits per heavy atom. The topological polar surface area (TPSA) is 99.1 Å². The molecule has 43 heavy (non-hydrogen) atoms. The Bertz CT molecular complexity index is 1210. The van der Waals surface area contributed by atoms with Gasteiger partial charge in [-0.15, -0.1) is 0 Å². The van der Waals surface area contributed by atoms with Crippen molar-refractivity contribution in [2.75, 3.05) is 5.75 Å². The molecule has 3 fully saturated rings. The van der Waals surface area contributed by atoms with Crippen LogP contribution in [0.4, 0.5) is 0 Å². The van der Waals surface area contributed by atoms with Crippen molar-refractivity contribution in [3.8, 4) is 0 Å². The summed E-state index contributed by atoms with van der Waals surface area (Å²) in [5.74, 6) is 0.00856. The Morgan fingerprint density at radius 2 is 1.70 bits per heavy atom. The third-order valence-electron chi connectivity index (χ3n) is 10.1. The summed E-state index contributed by atoms with van der Waals surface area (Å²) in [6.45, 7) is 17.4. The molecule has 0 radical (unpaired) electrons. The Labute approximate surface area is 259 Å². The van der Waals surface area contributed by atoms with Crippen LogP contribution in [-0.4, -0.2) is 61.9 Å². The van der Waals surface area contributed by atoms with Crippen LogP contribution in [0, 0.1) is 23.7 Å². The largest absolute Gasteiger partial charge is 0.481 e. The highest BCUT2D eigenvalue weighted by molar-refractivity contribution is 7.91. The maximum Gasteiger partial charge on any atom is 0.303 e. The number of carbonyl (C=O) groups is 1. The molecule has 3 saturated heterocycles. The molecule has 240 valence electrons. The molecule has 8 heteroatoms. The zero-order valence-corrected chi connectivity index (χ0v) is 27.3. The molecule has 0 amide bonds. The van der Waals surface area contributed by atoms with Gasteiger partial charge in [0.1, 0.15) is 0 Å². The molecule has 3 heterocycles. The van der Waals surface area contributed by atoms with Gasteiger partial charge in [-0.1, -0.05) is 65.5 Å². The van der Waals surface area contributed by atoms with E-state index in [2.05, 4.69) is 40.9 Å². The van der Waals surface area contributed by atoms with E-state index in [1.807, 2.05) is 6.07 Å². The number of hydrogen-bond acceptors (Lipinski definition) is 6. The maximum atomic E-state index is 13.5. The lowest BCUT2D eigenvalue weighted by molar-refractivity contribution is -0.137. The quantitative estimate of drug-likeness (QED) is 0.224. The summed E-state index contributed by atoms with van der Waals surface area (Å²) in [5.41, 5.74) is 2.08. The van der Waals surface area contributed by atoms with E-state index in [-0.39, 0.29) is 66.6 Å². The van der Waals surface area contributed by atoms with Crippen LogP contribution >= 0.6 is 0 Å². The number of benzene rings is 1. The molecule has 10 atom stereocenters. The third-order valence-corrected chi connectivity index (χ3v) is 11.9. The average Bonchev–Trinajstić information content (AvgIpc) is 3.47. The molecule has 0 aliphatic carbocycles. The van der Waals surface area contributed by atoms with Crippen molar-refractivity contribution in [2.45, 2.75) is 127 Å². The second-order valence-electron chi connectivity index (χ2n) is 13.4. The molecule has 3 aliphatic heterocycles. The number of carboxylic acids is 1. The van der Waals surface area contributed by atoms with Gasteiger partial charge in [0, 0.05) is 18.8 Å². The highest BCUT2D eigenvalue weighted by Gasteiger charge is 2.46. The lowest BCUT2D eigenvalue weighted by Gasteiger charge is -2.38. The lowest BCUT2D eigenvalue weighted by Crippen LogP contribution is -2.38. The molecular formula is C35H52O7S. The summed E-state index contributed by atoms with van der Waals surface area (Å²) in [7, 11) is -3.48. The van der Waals surface area contributed by atoms with Crippen LogP contribution < -0.4 is 0 Å². The van der Waals surface area contributed by atoms with E-state index < -0.39 is 15.8 Å². The standard InChI is InChI=1S/C35H52O7S/c1-7-22(2)17-32-26(6)30(21-43(38,39)29-11-9-8-10-12-29)34(42-32)20-33-25(5)23(3)18-27(41-33)13-15-31-24(4)19-28(40-31)14-16-35(36)37/h8-12,22-23,26-28,30-34H,4-5,7,13-21H2,1-3,6H3,(H,36,37)/t22-,23-,26-,27+,28+,30-,31?,32-,33?,34+/m1/s1. The van der Waals surface area contributed by atoms with E-state index in [1.54, 1.807) is 24.3 Å². The molecule has 0 saturated carbocycles. The molecule has 1 N–H and O–H groups in total. The predicted octanol–water partition coefficient (Wildman–Crippen LogP) is 7.01. The van der Waals surface area contributed by atoms with Gasteiger partial charge in [-0.3, -0.25) is 4.79 Å². The van der Waals surface area contributed by atoms with E-state index in [4.69, 9.17) is 19.3 Å². The van der Waals surface area contributed by atoms with Gasteiger partial charge in [-0.2, -0.15) is 0 Å². The summed E-state index contributed by atoms with van der Waals surface area (Å²) in [4.78, 5) is 11.3. The van der Waals surface area contributed by atoms with Gasteiger partial charge in [0.25, 0.3) is 0 Å². The number of rotatable bonds is 14. The number of sulfone groups is 1. The molecule has 2 unspecified atom stereocenters. The van der Waals surface area contributed by atoms with E-state index in [1.165, 1.54) is 0 Å². The van der Waals surface area contributed by atoms with Crippen molar-refractivity contribution in [3.05, 3.63) is 54.6 Å². The Morgan fingerprint density at radius 3 is 2.37 bits per heavy atom. The molecule has 1 aromatic rings. The van der Waals surface area contributed by atoms with Gasteiger partial charge in [-0.05, 0) is 79.6 Å². The van der Waals surface area contributed by atoms with Crippen LogP contribution in [-0.2, 0) is 28.8 Å². The molecule has 0 aromatic heterocycles. The van der Waals surface area contributed by atoms with Crippen molar-refractivity contribution < 1.29 is 32.5 Å². The lowest BCUT2D eigenvalue weighted by atomic mass is 9.81. The van der Waals surface area contributed by atoms with Gasteiger partial charge in [0.05, 0.1) is 47.3 Å². The Balaban J connectivity index is 1.43. The summed E-state index contributed by atoms with van der Waals surface area (Å²) in [5, 5.41) is 9.01. The Hall–Kier alpha value is -2.00. The molecule has 0 spiro atoms. The highest BCUT2D eigenvalue weighted by atomic mass is 32.2. The molecule has 4 rings (SSSR count). The second kappa shape index (κ2) is 14.9. The summed E-state index contributed by atoms with van der Waals surface area (Å²) in [6.07, 6.45) is 5.81. The van der Waals surface area contributed by atoms with Gasteiger partial charge in [0.15, 0.2) is 9.84 Å². The van der Waals surface area contributed by atoms with E-state index >= 15 is 0 Å². The number of hydrogen-bond donors (Lipinski definition) is 1.